The summed E-state index contributed by atoms with van der Waals surface area (Å²) in [6, 6.07) is 25.9. The van der Waals surface area contributed by atoms with Gasteiger partial charge in [0.15, 0.2) is 0 Å². The third-order valence-corrected chi connectivity index (χ3v) is 8.99. The van der Waals surface area contributed by atoms with Crippen LogP contribution in [0.5, 0.6) is 0 Å². The first kappa shape index (κ1) is 31.4. The second-order valence-corrected chi connectivity index (χ2v) is 12.5. The molecule has 0 aliphatic heterocycles. The fourth-order valence-corrected chi connectivity index (χ4v) is 6.39. The number of amides is 2. The van der Waals surface area contributed by atoms with E-state index in [1.165, 1.54) is 30.1 Å². The van der Waals surface area contributed by atoms with Gasteiger partial charge < -0.3 is 10.2 Å². The number of carbonyl (C=O) groups is 2. The topological polar surface area (TPSA) is 86.8 Å². The first-order chi connectivity index (χ1) is 20.5. The Hall–Kier alpha value is -4.50. The number of nitrogens with one attached hydrogen (secondary N) is 1. The van der Waals surface area contributed by atoms with Gasteiger partial charge in [-0.15, -0.1) is 0 Å². The predicted molar refractivity (Wildman–Crippen MR) is 167 cm³/mol. The number of anilines is 1. The van der Waals surface area contributed by atoms with E-state index in [2.05, 4.69) is 5.32 Å². The zero-order valence-corrected chi connectivity index (χ0v) is 25.6. The highest BCUT2D eigenvalue weighted by Gasteiger charge is 2.34. The van der Waals surface area contributed by atoms with Gasteiger partial charge in [0.25, 0.3) is 10.0 Å². The molecule has 0 saturated carbocycles. The van der Waals surface area contributed by atoms with Gasteiger partial charge in [-0.3, -0.25) is 13.9 Å². The summed E-state index contributed by atoms with van der Waals surface area (Å²) < 4.78 is 44.2. The van der Waals surface area contributed by atoms with E-state index in [0.717, 1.165) is 26.6 Å². The number of hydrogen-bond acceptors (Lipinski definition) is 4. The standard InChI is InChI=1S/C34H36FN3O4S/c1-24-14-16-30(17-15-24)43(41,42)38(29-19-25(2)18-26(3)20-29)23-33(39)37(22-28-12-8-9-13-31(28)35)32(34(40)36-4)21-27-10-6-5-7-11-27/h5-20,32H,21-23H2,1-4H3,(H,36,40). The molecule has 0 radical (unpaired) electrons. The number of sulfonamides is 1. The number of carbonyl (C=O) groups excluding carboxylic acids is 2. The van der Waals surface area contributed by atoms with Crippen LogP contribution in [0.1, 0.15) is 27.8 Å². The molecule has 1 N–H and O–H groups in total. The van der Waals surface area contributed by atoms with E-state index in [4.69, 9.17) is 0 Å². The minimum atomic E-state index is -4.21. The molecule has 224 valence electrons. The van der Waals surface area contributed by atoms with Crippen molar-refractivity contribution in [2.24, 2.45) is 0 Å². The molecule has 0 bridgehead atoms. The first-order valence-corrected chi connectivity index (χ1v) is 15.4. The van der Waals surface area contributed by atoms with Crippen LogP contribution in [-0.4, -0.2) is 44.8 Å². The maximum Gasteiger partial charge on any atom is 0.264 e. The Kier molecular flexibility index (Phi) is 9.98. The molecule has 0 aliphatic carbocycles. The van der Waals surface area contributed by atoms with Gasteiger partial charge in [0, 0.05) is 25.6 Å². The molecule has 4 aromatic carbocycles. The minimum absolute atomic E-state index is 0.0258. The molecule has 43 heavy (non-hydrogen) atoms. The Bertz CT molecular complexity index is 1670. The van der Waals surface area contributed by atoms with Crippen LogP contribution < -0.4 is 9.62 Å². The SMILES string of the molecule is CNC(=O)C(Cc1ccccc1)N(Cc1ccccc1F)C(=O)CN(c1cc(C)cc(C)c1)S(=O)(=O)c1ccc(C)cc1. The average molecular weight is 602 g/mol. The lowest BCUT2D eigenvalue weighted by Crippen LogP contribution is -2.53. The van der Waals surface area contributed by atoms with Crippen molar-refractivity contribution in [1.29, 1.82) is 0 Å². The molecule has 2 amide bonds. The second-order valence-electron chi connectivity index (χ2n) is 10.6. The molecule has 4 rings (SSSR count). The van der Waals surface area contributed by atoms with Gasteiger partial charge in [0.2, 0.25) is 11.8 Å². The number of halogens is 1. The van der Waals surface area contributed by atoms with E-state index in [1.807, 2.05) is 57.2 Å². The van der Waals surface area contributed by atoms with Crippen molar-refractivity contribution in [3.05, 3.63) is 131 Å². The van der Waals surface area contributed by atoms with E-state index >= 15 is 0 Å². The van der Waals surface area contributed by atoms with Gasteiger partial charge in [0.05, 0.1) is 10.6 Å². The normalized spacial score (nSPS) is 11.9. The highest BCUT2D eigenvalue weighted by Crippen LogP contribution is 2.27. The number of benzene rings is 4. The summed E-state index contributed by atoms with van der Waals surface area (Å²) in [6.45, 7) is 4.72. The molecule has 9 heteroatoms. The first-order valence-electron chi connectivity index (χ1n) is 14.0. The van der Waals surface area contributed by atoms with E-state index in [9.17, 15) is 22.4 Å². The number of nitrogens with zero attached hydrogens (tertiary/aromatic N) is 2. The highest BCUT2D eigenvalue weighted by atomic mass is 32.2. The van der Waals surface area contributed by atoms with E-state index in [0.29, 0.717) is 5.69 Å². The Labute approximate surface area is 253 Å². The van der Waals surface area contributed by atoms with Gasteiger partial charge in [-0.2, -0.15) is 0 Å². The van der Waals surface area contributed by atoms with Gasteiger partial charge >= 0.3 is 0 Å². The van der Waals surface area contributed by atoms with Crippen LogP contribution >= 0.6 is 0 Å². The van der Waals surface area contributed by atoms with Crippen LogP contribution in [0.4, 0.5) is 10.1 Å². The van der Waals surface area contributed by atoms with Crippen LogP contribution in [0.15, 0.2) is 102 Å². The number of aryl methyl sites for hydroxylation is 3. The summed E-state index contributed by atoms with van der Waals surface area (Å²) in [5, 5.41) is 2.62. The Balaban J connectivity index is 1.82. The van der Waals surface area contributed by atoms with Gasteiger partial charge in [-0.1, -0.05) is 72.3 Å². The van der Waals surface area contributed by atoms with Crippen molar-refractivity contribution in [3.63, 3.8) is 0 Å². The smallest absolute Gasteiger partial charge is 0.264 e. The Morgan fingerprint density at radius 1 is 0.814 bits per heavy atom. The lowest BCUT2D eigenvalue weighted by molar-refractivity contribution is -0.139. The quantitative estimate of drug-likeness (QED) is 0.252. The fourth-order valence-electron chi connectivity index (χ4n) is 4.99. The van der Waals surface area contributed by atoms with E-state index < -0.39 is 40.2 Å². The van der Waals surface area contributed by atoms with Crippen molar-refractivity contribution in [2.75, 3.05) is 17.9 Å². The lowest BCUT2D eigenvalue weighted by atomic mass is 10.0. The van der Waals surface area contributed by atoms with Crippen LogP contribution in [0.25, 0.3) is 0 Å². The maximum atomic E-state index is 14.9. The lowest BCUT2D eigenvalue weighted by Gasteiger charge is -2.33. The number of hydrogen-bond donors (Lipinski definition) is 1. The summed E-state index contributed by atoms with van der Waals surface area (Å²) in [6.07, 6.45) is 0.148. The van der Waals surface area contributed by atoms with Gasteiger partial charge in [-0.05, 0) is 67.8 Å². The van der Waals surface area contributed by atoms with Crippen molar-refractivity contribution in [1.82, 2.24) is 10.2 Å². The molecule has 1 unspecified atom stereocenters. The largest absolute Gasteiger partial charge is 0.357 e. The average Bonchev–Trinajstić information content (AvgIpc) is 2.98. The second kappa shape index (κ2) is 13.6. The van der Waals surface area contributed by atoms with Crippen molar-refractivity contribution >= 4 is 27.5 Å². The molecule has 0 heterocycles. The summed E-state index contributed by atoms with van der Waals surface area (Å²) >= 11 is 0. The van der Waals surface area contributed by atoms with Crippen molar-refractivity contribution in [2.45, 2.75) is 44.7 Å². The number of rotatable bonds is 11. The predicted octanol–water partition coefficient (Wildman–Crippen LogP) is 5.33. The summed E-state index contributed by atoms with van der Waals surface area (Å²) in [7, 11) is -2.75. The minimum Gasteiger partial charge on any atom is -0.357 e. The third-order valence-electron chi connectivity index (χ3n) is 7.20. The fraction of sp³-hybridized carbons (Fsp3) is 0.235. The molecule has 0 aromatic heterocycles. The van der Waals surface area contributed by atoms with E-state index in [1.54, 1.807) is 42.5 Å². The van der Waals surface area contributed by atoms with Crippen LogP contribution in [-0.2, 0) is 32.6 Å². The van der Waals surface area contributed by atoms with Crippen LogP contribution in [0, 0.1) is 26.6 Å². The van der Waals surface area contributed by atoms with Crippen LogP contribution in [0.2, 0.25) is 0 Å². The van der Waals surface area contributed by atoms with Crippen LogP contribution in [0.3, 0.4) is 0 Å². The molecule has 0 fully saturated rings. The summed E-state index contributed by atoms with van der Waals surface area (Å²) in [4.78, 5) is 28.9. The Morgan fingerprint density at radius 2 is 1.42 bits per heavy atom. The van der Waals surface area contributed by atoms with Crippen molar-refractivity contribution in [3.8, 4) is 0 Å². The van der Waals surface area contributed by atoms with Gasteiger partial charge in [-0.25, -0.2) is 12.8 Å². The van der Waals surface area contributed by atoms with E-state index in [-0.39, 0.29) is 23.4 Å². The molecular weight excluding hydrogens is 565 g/mol. The molecule has 0 aliphatic rings. The molecule has 0 spiro atoms. The zero-order valence-electron chi connectivity index (χ0n) is 24.7. The number of likely N-dealkylation sites (N-methyl/N-ethyl adjacent to an activating group) is 1. The zero-order chi connectivity index (χ0) is 31.1. The molecule has 4 aromatic rings. The molecule has 7 nitrogen and oxygen atoms in total. The van der Waals surface area contributed by atoms with Gasteiger partial charge in [0.1, 0.15) is 18.4 Å². The third kappa shape index (κ3) is 7.67. The molecule has 0 saturated heterocycles. The van der Waals surface area contributed by atoms with Crippen molar-refractivity contribution < 1.29 is 22.4 Å². The Morgan fingerprint density at radius 3 is 2.02 bits per heavy atom. The summed E-state index contributed by atoms with van der Waals surface area (Å²) in [5.74, 6) is -1.63. The maximum absolute atomic E-state index is 14.9. The highest BCUT2D eigenvalue weighted by molar-refractivity contribution is 7.92. The molecule has 1 atom stereocenters. The molecular formula is C34H36FN3O4S. The summed E-state index contributed by atoms with van der Waals surface area (Å²) in [5.41, 5.74) is 3.84. The monoisotopic (exact) mass is 601 g/mol.